The summed E-state index contributed by atoms with van der Waals surface area (Å²) in [5.74, 6) is 1.17. The second-order valence-corrected chi connectivity index (χ2v) is 4.90. The lowest BCUT2D eigenvalue weighted by Crippen LogP contribution is -2.29. The number of aryl methyl sites for hydroxylation is 3. The van der Waals surface area contributed by atoms with Crippen LogP contribution in [0, 0.1) is 0 Å². The van der Waals surface area contributed by atoms with Gasteiger partial charge in [-0.05, 0) is 18.2 Å². The Labute approximate surface area is 113 Å². The SMILES string of the molecule is Cn1cc[n+](C)c1/C=C/c1cc2ccccc2n1C. The van der Waals surface area contributed by atoms with Gasteiger partial charge in [-0.2, -0.15) is 0 Å². The molecule has 0 atom stereocenters. The third-order valence-corrected chi connectivity index (χ3v) is 3.63. The zero-order valence-corrected chi connectivity index (χ0v) is 11.5. The van der Waals surface area contributed by atoms with Gasteiger partial charge in [0.2, 0.25) is 0 Å². The van der Waals surface area contributed by atoms with Gasteiger partial charge in [0.1, 0.15) is 12.4 Å². The molecule has 3 rings (SSSR count). The average molecular weight is 252 g/mol. The Morgan fingerprint density at radius 3 is 2.58 bits per heavy atom. The summed E-state index contributed by atoms with van der Waals surface area (Å²) < 4.78 is 6.44. The number of hydrogen-bond acceptors (Lipinski definition) is 0. The Bertz CT molecular complexity index is 740. The van der Waals surface area contributed by atoms with Crippen molar-refractivity contribution in [3.63, 3.8) is 0 Å². The molecule has 0 aliphatic carbocycles. The van der Waals surface area contributed by atoms with Gasteiger partial charge in [0, 0.05) is 29.7 Å². The van der Waals surface area contributed by atoms with Gasteiger partial charge in [0.15, 0.2) is 0 Å². The topological polar surface area (TPSA) is 13.7 Å². The molecule has 0 saturated heterocycles. The average Bonchev–Trinajstić information content (AvgIpc) is 2.90. The van der Waals surface area contributed by atoms with E-state index < -0.39 is 0 Å². The molecule has 0 N–H and O–H groups in total. The van der Waals surface area contributed by atoms with Crippen LogP contribution in [-0.4, -0.2) is 9.13 Å². The number of benzene rings is 1. The smallest absolute Gasteiger partial charge is 0.281 e. The van der Waals surface area contributed by atoms with E-state index in [4.69, 9.17) is 0 Å². The lowest BCUT2D eigenvalue weighted by molar-refractivity contribution is -0.672. The molecule has 0 aliphatic heterocycles. The molecule has 0 amide bonds. The summed E-state index contributed by atoms with van der Waals surface area (Å²) in [7, 11) is 6.22. The first kappa shape index (κ1) is 11.8. The Morgan fingerprint density at radius 2 is 1.89 bits per heavy atom. The number of aromatic nitrogens is 3. The van der Waals surface area contributed by atoms with Crippen molar-refractivity contribution in [1.82, 2.24) is 9.13 Å². The second-order valence-electron chi connectivity index (χ2n) is 4.90. The van der Waals surface area contributed by atoms with Crippen molar-refractivity contribution in [2.45, 2.75) is 0 Å². The fourth-order valence-electron chi connectivity index (χ4n) is 2.47. The molecule has 0 radical (unpaired) electrons. The van der Waals surface area contributed by atoms with E-state index in [1.54, 1.807) is 0 Å². The Kier molecular flexibility index (Phi) is 2.75. The number of nitrogens with zero attached hydrogens (tertiary/aromatic N) is 3. The van der Waals surface area contributed by atoms with E-state index in [-0.39, 0.29) is 0 Å². The van der Waals surface area contributed by atoms with E-state index in [0.717, 1.165) is 0 Å². The molecule has 0 aliphatic rings. The molecular weight excluding hydrogens is 234 g/mol. The van der Waals surface area contributed by atoms with Gasteiger partial charge in [-0.3, -0.25) is 0 Å². The number of imidazole rings is 1. The predicted octanol–water partition coefficient (Wildman–Crippen LogP) is 2.51. The maximum atomic E-state index is 2.22. The van der Waals surface area contributed by atoms with Crippen LogP contribution in [0.25, 0.3) is 23.1 Å². The summed E-state index contributed by atoms with van der Waals surface area (Å²) >= 11 is 0. The molecule has 96 valence electrons. The zero-order valence-electron chi connectivity index (χ0n) is 11.5. The van der Waals surface area contributed by atoms with E-state index in [1.807, 2.05) is 0 Å². The Balaban J connectivity index is 2.04. The fraction of sp³-hybridized carbons (Fsp3) is 0.188. The molecule has 0 bridgehead atoms. The summed E-state index contributed by atoms with van der Waals surface area (Å²) in [6.45, 7) is 0. The molecule has 1 aromatic carbocycles. The minimum absolute atomic E-state index is 1.17. The van der Waals surface area contributed by atoms with E-state index >= 15 is 0 Å². The summed E-state index contributed by atoms with van der Waals surface area (Å²) in [4.78, 5) is 0. The number of para-hydroxylation sites is 1. The zero-order chi connectivity index (χ0) is 13.4. The molecule has 0 fully saturated rings. The molecule has 19 heavy (non-hydrogen) atoms. The molecular formula is C16H18N3+. The summed E-state index contributed by atoms with van der Waals surface area (Å²) in [5, 5.41) is 1.28. The largest absolute Gasteiger partial charge is 0.344 e. The first-order valence-corrected chi connectivity index (χ1v) is 6.40. The van der Waals surface area contributed by atoms with Crippen LogP contribution in [0.4, 0.5) is 0 Å². The van der Waals surface area contributed by atoms with Crippen molar-refractivity contribution < 1.29 is 4.57 Å². The molecule has 0 spiro atoms. The van der Waals surface area contributed by atoms with Crippen LogP contribution >= 0.6 is 0 Å². The van der Waals surface area contributed by atoms with E-state index in [0.29, 0.717) is 0 Å². The molecule has 0 unspecified atom stereocenters. The normalized spacial score (nSPS) is 11.7. The van der Waals surface area contributed by atoms with Crippen LogP contribution in [0.3, 0.4) is 0 Å². The predicted molar refractivity (Wildman–Crippen MR) is 78.4 cm³/mol. The number of rotatable bonds is 2. The summed E-state index contributed by atoms with van der Waals surface area (Å²) in [6, 6.07) is 10.7. The molecule has 3 nitrogen and oxygen atoms in total. The van der Waals surface area contributed by atoms with Gasteiger partial charge in [-0.1, -0.05) is 18.2 Å². The highest BCUT2D eigenvalue weighted by Crippen LogP contribution is 2.19. The number of hydrogen-bond donors (Lipinski definition) is 0. The van der Waals surface area contributed by atoms with Crippen LogP contribution in [0.5, 0.6) is 0 Å². The van der Waals surface area contributed by atoms with Gasteiger partial charge in [-0.25, -0.2) is 9.13 Å². The standard InChI is InChI=1S/C16H18N3/c1-17-10-11-18(2)16(17)9-8-14-12-13-6-4-5-7-15(13)19(14)3/h4-12H,1-3H3/q+1. The van der Waals surface area contributed by atoms with Crippen LogP contribution < -0.4 is 4.57 Å². The maximum absolute atomic E-state index is 2.22. The van der Waals surface area contributed by atoms with Crippen molar-refractivity contribution >= 4 is 23.1 Å². The van der Waals surface area contributed by atoms with E-state index in [9.17, 15) is 0 Å². The highest BCUT2D eigenvalue weighted by molar-refractivity contribution is 5.84. The van der Waals surface area contributed by atoms with E-state index in [2.05, 4.69) is 89.7 Å². The van der Waals surface area contributed by atoms with Crippen LogP contribution in [0.1, 0.15) is 11.5 Å². The minimum Gasteiger partial charge on any atom is -0.344 e. The maximum Gasteiger partial charge on any atom is 0.281 e. The number of fused-ring (bicyclic) bond motifs is 1. The van der Waals surface area contributed by atoms with Crippen molar-refractivity contribution in [2.75, 3.05) is 0 Å². The highest BCUT2D eigenvalue weighted by atomic mass is 15.1. The molecule has 3 heteroatoms. The van der Waals surface area contributed by atoms with Crippen molar-refractivity contribution in [3.8, 4) is 0 Å². The fourth-order valence-corrected chi connectivity index (χ4v) is 2.47. The van der Waals surface area contributed by atoms with Crippen molar-refractivity contribution in [1.29, 1.82) is 0 Å². The Morgan fingerprint density at radius 1 is 1.11 bits per heavy atom. The third-order valence-electron chi connectivity index (χ3n) is 3.63. The quantitative estimate of drug-likeness (QED) is 0.622. The van der Waals surface area contributed by atoms with Gasteiger partial charge in [0.05, 0.1) is 14.1 Å². The van der Waals surface area contributed by atoms with Gasteiger partial charge in [-0.15, -0.1) is 0 Å². The second kappa shape index (κ2) is 4.43. The highest BCUT2D eigenvalue weighted by Gasteiger charge is 2.07. The third kappa shape index (κ3) is 1.97. The van der Waals surface area contributed by atoms with Crippen LogP contribution in [0.2, 0.25) is 0 Å². The lowest BCUT2D eigenvalue weighted by Gasteiger charge is -1.98. The van der Waals surface area contributed by atoms with Crippen LogP contribution in [-0.2, 0) is 21.1 Å². The lowest BCUT2D eigenvalue weighted by atomic mass is 10.2. The summed E-state index contributed by atoms with van der Waals surface area (Å²) in [6.07, 6.45) is 8.42. The monoisotopic (exact) mass is 252 g/mol. The van der Waals surface area contributed by atoms with Gasteiger partial charge in [0.25, 0.3) is 5.82 Å². The molecule has 2 heterocycles. The van der Waals surface area contributed by atoms with Crippen molar-refractivity contribution in [2.24, 2.45) is 21.1 Å². The van der Waals surface area contributed by atoms with Crippen LogP contribution in [0.15, 0.2) is 42.7 Å². The first-order valence-electron chi connectivity index (χ1n) is 6.40. The van der Waals surface area contributed by atoms with Gasteiger partial charge >= 0.3 is 0 Å². The van der Waals surface area contributed by atoms with Crippen molar-refractivity contribution in [3.05, 3.63) is 54.2 Å². The minimum atomic E-state index is 1.17. The Hall–Kier alpha value is -2.29. The van der Waals surface area contributed by atoms with E-state index in [1.165, 1.54) is 22.4 Å². The summed E-state index contributed by atoms with van der Waals surface area (Å²) in [5.41, 5.74) is 2.47. The molecule has 2 aromatic heterocycles. The molecule has 3 aromatic rings. The van der Waals surface area contributed by atoms with Gasteiger partial charge < -0.3 is 4.57 Å². The first-order chi connectivity index (χ1) is 9.16. The molecule has 0 saturated carbocycles.